The van der Waals surface area contributed by atoms with Crippen molar-refractivity contribution in [3.8, 4) is 0 Å². The van der Waals surface area contributed by atoms with Gasteiger partial charge in [-0.25, -0.2) is 0 Å². The standard InChI is InChI=1S/C12H26N4O.HI/c1-17-11-7-15-12(13)14-6-10-16-8-4-2-3-5-9-16;/h2-11H2,1H3,(H3,13,14,15);1H. The SMILES string of the molecule is COCCNC(N)=NCCN1CCCCCC1.I. The summed E-state index contributed by atoms with van der Waals surface area (Å²) < 4.78 is 4.92. The molecule has 5 nitrogen and oxygen atoms in total. The van der Waals surface area contributed by atoms with Crippen molar-refractivity contribution in [1.82, 2.24) is 10.2 Å². The number of rotatable bonds is 6. The van der Waals surface area contributed by atoms with Crippen molar-refractivity contribution in [2.45, 2.75) is 25.7 Å². The highest BCUT2D eigenvalue weighted by molar-refractivity contribution is 14.0. The summed E-state index contributed by atoms with van der Waals surface area (Å²) in [6.45, 7) is 5.61. The molecular weight excluding hydrogens is 343 g/mol. The summed E-state index contributed by atoms with van der Waals surface area (Å²) in [5, 5.41) is 3.02. The molecule has 0 aliphatic carbocycles. The Balaban J connectivity index is 0.00000289. The van der Waals surface area contributed by atoms with Gasteiger partial charge >= 0.3 is 0 Å². The van der Waals surface area contributed by atoms with Crippen LogP contribution in [0.1, 0.15) is 25.7 Å². The Morgan fingerprint density at radius 3 is 2.56 bits per heavy atom. The van der Waals surface area contributed by atoms with E-state index in [0.717, 1.165) is 19.6 Å². The molecule has 0 aromatic carbocycles. The number of likely N-dealkylation sites (tertiary alicyclic amines) is 1. The first kappa shape index (κ1) is 17.9. The van der Waals surface area contributed by atoms with Gasteiger partial charge in [-0.15, -0.1) is 24.0 Å². The monoisotopic (exact) mass is 370 g/mol. The predicted octanol–water partition coefficient (Wildman–Crippen LogP) is 1.03. The molecule has 0 unspecified atom stereocenters. The number of hydrogen-bond donors (Lipinski definition) is 2. The lowest BCUT2D eigenvalue weighted by molar-refractivity contribution is 0.204. The van der Waals surface area contributed by atoms with Gasteiger partial charge in [-0.2, -0.15) is 0 Å². The maximum absolute atomic E-state index is 5.73. The van der Waals surface area contributed by atoms with Gasteiger partial charge in [0, 0.05) is 20.2 Å². The lowest BCUT2D eigenvalue weighted by Crippen LogP contribution is -2.35. The zero-order valence-electron chi connectivity index (χ0n) is 11.4. The highest BCUT2D eigenvalue weighted by atomic mass is 127. The Bertz CT molecular complexity index is 218. The van der Waals surface area contributed by atoms with Crippen molar-refractivity contribution in [2.24, 2.45) is 10.7 Å². The van der Waals surface area contributed by atoms with Crippen molar-refractivity contribution in [3.05, 3.63) is 0 Å². The van der Waals surface area contributed by atoms with Crippen LogP contribution in [0.2, 0.25) is 0 Å². The largest absolute Gasteiger partial charge is 0.383 e. The minimum atomic E-state index is 0. The molecule has 0 aromatic heterocycles. The van der Waals surface area contributed by atoms with Crippen molar-refractivity contribution >= 4 is 29.9 Å². The van der Waals surface area contributed by atoms with E-state index in [1.165, 1.54) is 38.8 Å². The first-order chi connectivity index (χ1) is 8.33. The molecule has 108 valence electrons. The molecule has 1 fully saturated rings. The van der Waals surface area contributed by atoms with Crippen LogP contribution in [0.15, 0.2) is 4.99 Å². The van der Waals surface area contributed by atoms with E-state index >= 15 is 0 Å². The number of methoxy groups -OCH3 is 1. The van der Waals surface area contributed by atoms with Gasteiger partial charge in [-0.1, -0.05) is 12.8 Å². The third-order valence-electron chi connectivity index (χ3n) is 3.01. The number of nitrogens with two attached hydrogens (primary N) is 1. The summed E-state index contributed by atoms with van der Waals surface area (Å²) in [6, 6.07) is 0. The molecule has 0 amide bonds. The van der Waals surface area contributed by atoms with Gasteiger partial charge in [0.1, 0.15) is 0 Å². The fraction of sp³-hybridized carbons (Fsp3) is 0.917. The number of hydrogen-bond acceptors (Lipinski definition) is 3. The molecule has 0 saturated carbocycles. The zero-order valence-corrected chi connectivity index (χ0v) is 13.7. The molecule has 0 spiro atoms. The molecule has 0 radical (unpaired) electrons. The van der Waals surface area contributed by atoms with E-state index in [1.54, 1.807) is 7.11 Å². The molecule has 1 aliphatic heterocycles. The van der Waals surface area contributed by atoms with Gasteiger partial charge < -0.3 is 20.7 Å². The van der Waals surface area contributed by atoms with Crippen LogP contribution < -0.4 is 11.1 Å². The summed E-state index contributed by atoms with van der Waals surface area (Å²) in [4.78, 5) is 6.79. The number of nitrogens with zero attached hydrogens (tertiary/aromatic N) is 2. The van der Waals surface area contributed by atoms with Crippen LogP contribution in [0.5, 0.6) is 0 Å². The second-order valence-electron chi connectivity index (χ2n) is 4.44. The van der Waals surface area contributed by atoms with Crippen molar-refractivity contribution < 1.29 is 4.74 Å². The Labute approximate surface area is 128 Å². The van der Waals surface area contributed by atoms with Gasteiger partial charge in [0.2, 0.25) is 0 Å². The third-order valence-corrected chi connectivity index (χ3v) is 3.01. The Morgan fingerprint density at radius 1 is 1.28 bits per heavy atom. The van der Waals surface area contributed by atoms with Crippen LogP contribution in [-0.2, 0) is 4.74 Å². The van der Waals surface area contributed by atoms with E-state index < -0.39 is 0 Å². The van der Waals surface area contributed by atoms with E-state index in [9.17, 15) is 0 Å². The van der Waals surface area contributed by atoms with Gasteiger partial charge in [-0.05, 0) is 25.9 Å². The fourth-order valence-electron chi connectivity index (χ4n) is 2.01. The van der Waals surface area contributed by atoms with Gasteiger partial charge in [0.25, 0.3) is 0 Å². The fourth-order valence-corrected chi connectivity index (χ4v) is 2.01. The summed E-state index contributed by atoms with van der Waals surface area (Å²) in [6.07, 6.45) is 5.40. The number of guanidine groups is 1. The highest BCUT2D eigenvalue weighted by Gasteiger charge is 2.07. The molecule has 1 heterocycles. The molecule has 0 bridgehead atoms. The molecule has 0 aromatic rings. The normalized spacial score (nSPS) is 17.9. The van der Waals surface area contributed by atoms with Crippen LogP contribution in [-0.4, -0.2) is 57.3 Å². The van der Waals surface area contributed by atoms with Gasteiger partial charge in [0.15, 0.2) is 5.96 Å². The Kier molecular flexibility index (Phi) is 11.9. The number of halogens is 1. The van der Waals surface area contributed by atoms with Crippen LogP contribution >= 0.6 is 24.0 Å². The van der Waals surface area contributed by atoms with E-state index in [4.69, 9.17) is 10.5 Å². The molecular formula is C12H27IN4O. The smallest absolute Gasteiger partial charge is 0.188 e. The molecule has 18 heavy (non-hydrogen) atoms. The lowest BCUT2D eigenvalue weighted by atomic mass is 10.2. The quantitative estimate of drug-likeness (QED) is 0.317. The molecule has 3 N–H and O–H groups in total. The zero-order chi connectivity index (χ0) is 12.3. The highest BCUT2D eigenvalue weighted by Crippen LogP contribution is 2.08. The third kappa shape index (κ3) is 8.93. The van der Waals surface area contributed by atoms with Gasteiger partial charge in [-0.3, -0.25) is 4.99 Å². The second-order valence-corrected chi connectivity index (χ2v) is 4.44. The maximum Gasteiger partial charge on any atom is 0.188 e. The summed E-state index contributed by atoms with van der Waals surface area (Å²) in [5.41, 5.74) is 5.73. The summed E-state index contributed by atoms with van der Waals surface area (Å²) in [5.74, 6) is 0.525. The van der Waals surface area contributed by atoms with Crippen molar-refractivity contribution in [3.63, 3.8) is 0 Å². The summed E-state index contributed by atoms with van der Waals surface area (Å²) >= 11 is 0. The van der Waals surface area contributed by atoms with Crippen LogP contribution in [0, 0.1) is 0 Å². The average Bonchev–Trinajstić information content (AvgIpc) is 2.58. The maximum atomic E-state index is 5.73. The van der Waals surface area contributed by atoms with Gasteiger partial charge in [0.05, 0.1) is 13.2 Å². The first-order valence-electron chi connectivity index (χ1n) is 6.58. The van der Waals surface area contributed by atoms with Crippen molar-refractivity contribution in [1.29, 1.82) is 0 Å². The second kappa shape index (κ2) is 12.0. The average molecular weight is 370 g/mol. The predicted molar refractivity (Wildman–Crippen MR) is 86.7 cm³/mol. The molecule has 1 saturated heterocycles. The van der Waals surface area contributed by atoms with Crippen LogP contribution in [0.4, 0.5) is 0 Å². The summed E-state index contributed by atoms with van der Waals surface area (Å²) in [7, 11) is 1.67. The number of ether oxygens (including phenoxy) is 1. The van der Waals surface area contributed by atoms with E-state index in [-0.39, 0.29) is 24.0 Å². The molecule has 0 atom stereocenters. The molecule has 1 aliphatic rings. The van der Waals surface area contributed by atoms with E-state index in [2.05, 4.69) is 15.2 Å². The van der Waals surface area contributed by atoms with Crippen molar-refractivity contribution in [2.75, 3.05) is 46.4 Å². The van der Waals surface area contributed by atoms with Crippen LogP contribution in [0.3, 0.4) is 0 Å². The van der Waals surface area contributed by atoms with E-state index in [1.807, 2.05) is 0 Å². The first-order valence-corrected chi connectivity index (χ1v) is 6.58. The van der Waals surface area contributed by atoms with Crippen LogP contribution in [0.25, 0.3) is 0 Å². The Hall–Kier alpha value is -0.0800. The number of aliphatic imine (C=N–C) groups is 1. The van der Waals surface area contributed by atoms with E-state index in [0.29, 0.717) is 12.6 Å². The minimum Gasteiger partial charge on any atom is -0.383 e. The topological polar surface area (TPSA) is 62.9 Å². The lowest BCUT2D eigenvalue weighted by Gasteiger charge is -2.18. The molecule has 6 heteroatoms. The Morgan fingerprint density at radius 2 is 1.94 bits per heavy atom. The molecule has 1 rings (SSSR count). The number of nitrogens with one attached hydrogen (secondary N) is 1. The minimum absolute atomic E-state index is 0.